The van der Waals surface area contributed by atoms with Crippen LogP contribution >= 0.6 is 0 Å². The van der Waals surface area contributed by atoms with Crippen molar-refractivity contribution in [3.05, 3.63) is 29.3 Å². The maximum absolute atomic E-state index is 12.0. The highest BCUT2D eigenvalue weighted by molar-refractivity contribution is 7.89. The van der Waals surface area contributed by atoms with Gasteiger partial charge in [0.1, 0.15) is 0 Å². The fourth-order valence-corrected chi connectivity index (χ4v) is 2.52. The Hall–Kier alpha value is -0.910. The van der Waals surface area contributed by atoms with Crippen LogP contribution in [0.3, 0.4) is 0 Å². The predicted molar refractivity (Wildman–Crippen MR) is 68.8 cm³/mol. The number of hydrogen-bond acceptors (Lipinski definition) is 2. The van der Waals surface area contributed by atoms with Crippen LogP contribution in [0, 0.1) is 13.8 Å². The summed E-state index contributed by atoms with van der Waals surface area (Å²) < 4.78 is 26.5. The van der Waals surface area contributed by atoms with Gasteiger partial charge in [-0.05, 0) is 37.1 Å². The molecule has 0 aliphatic rings. The molecule has 96 valence electrons. The van der Waals surface area contributed by atoms with E-state index in [0.29, 0.717) is 11.4 Å². The lowest BCUT2D eigenvalue weighted by Crippen LogP contribution is -3.06. The van der Waals surface area contributed by atoms with Gasteiger partial charge < -0.3 is 4.90 Å². The molecular weight excluding hydrogens is 236 g/mol. The molecule has 0 amide bonds. The van der Waals surface area contributed by atoms with Crippen LogP contribution in [0.15, 0.2) is 23.1 Å². The van der Waals surface area contributed by atoms with E-state index in [9.17, 15) is 8.42 Å². The van der Waals surface area contributed by atoms with E-state index in [2.05, 4.69) is 4.72 Å². The van der Waals surface area contributed by atoms with Crippen LogP contribution < -0.4 is 9.62 Å². The Morgan fingerprint density at radius 1 is 1.18 bits per heavy atom. The minimum Gasteiger partial charge on any atom is -0.339 e. The second kappa shape index (κ2) is 5.62. The third kappa shape index (κ3) is 4.11. The smallest absolute Gasteiger partial charge is 0.240 e. The maximum Gasteiger partial charge on any atom is 0.240 e. The molecule has 0 aliphatic heterocycles. The molecule has 2 N–H and O–H groups in total. The van der Waals surface area contributed by atoms with Crippen molar-refractivity contribution in [2.45, 2.75) is 18.7 Å². The lowest BCUT2D eigenvalue weighted by Gasteiger charge is -2.10. The van der Waals surface area contributed by atoms with Gasteiger partial charge in [-0.15, -0.1) is 0 Å². The van der Waals surface area contributed by atoms with Gasteiger partial charge in [-0.25, -0.2) is 13.1 Å². The van der Waals surface area contributed by atoms with E-state index in [1.807, 2.05) is 34.0 Å². The molecule has 4 nitrogen and oxygen atoms in total. The van der Waals surface area contributed by atoms with Crippen molar-refractivity contribution < 1.29 is 13.3 Å². The van der Waals surface area contributed by atoms with Gasteiger partial charge in [0.05, 0.1) is 32.1 Å². The molecule has 0 spiro atoms. The van der Waals surface area contributed by atoms with Crippen molar-refractivity contribution in [3.8, 4) is 0 Å². The summed E-state index contributed by atoms with van der Waals surface area (Å²) in [4.78, 5) is 1.56. The second-order valence-electron chi connectivity index (χ2n) is 4.60. The number of aryl methyl sites for hydroxylation is 2. The van der Waals surface area contributed by atoms with Crippen molar-refractivity contribution in [2.24, 2.45) is 0 Å². The first-order valence-corrected chi connectivity index (χ1v) is 7.17. The van der Waals surface area contributed by atoms with E-state index in [1.54, 1.807) is 12.1 Å². The van der Waals surface area contributed by atoms with Gasteiger partial charge >= 0.3 is 0 Å². The number of nitrogens with one attached hydrogen (secondary N) is 2. The normalized spacial score (nSPS) is 12.1. The van der Waals surface area contributed by atoms with Crippen LogP contribution in [0.5, 0.6) is 0 Å². The highest BCUT2D eigenvalue weighted by Crippen LogP contribution is 2.14. The fraction of sp³-hybridized carbons (Fsp3) is 0.500. The Bertz CT molecular complexity index is 481. The van der Waals surface area contributed by atoms with Gasteiger partial charge in [-0.1, -0.05) is 6.07 Å². The molecule has 0 atom stereocenters. The van der Waals surface area contributed by atoms with Crippen LogP contribution in [0.2, 0.25) is 0 Å². The van der Waals surface area contributed by atoms with E-state index >= 15 is 0 Å². The van der Waals surface area contributed by atoms with Crippen LogP contribution in [-0.2, 0) is 10.0 Å². The molecule has 0 radical (unpaired) electrons. The van der Waals surface area contributed by atoms with E-state index in [0.717, 1.165) is 17.7 Å². The number of likely N-dealkylation sites (N-methyl/N-ethyl adjacent to an activating group) is 1. The highest BCUT2D eigenvalue weighted by atomic mass is 32.2. The summed E-state index contributed by atoms with van der Waals surface area (Å²) in [6.45, 7) is 5.11. The highest BCUT2D eigenvalue weighted by Gasteiger charge is 2.14. The summed E-state index contributed by atoms with van der Waals surface area (Å²) in [5, 5.41) is 0. The van der Waals surface area contributed by atoms with Crippen molar-refractivity contribution in [3.63, 3.8) is 0 Å². The quantitative estimate of drug-likeness (QED) is 0.763. The Kier molecular flexibility index (Phi) is 4.68. The van der Waals surface area contributed by atoms with Gasteiger partial charge in [-0.2, -0.15) is 0 Å². The number of benzene rings is 1. The third-order valence-electron chi connectivity index (χ3n) is 2.71. The van der Waals surface area contributed by atoms with Gasteiger partial charge in [0.15, 0.2) is 0 Å². The Morgan fingerprint density at radius 3 is 2.35 bits per heavy atom. The molecule has 5 heteroatoms. The molecule has 0 saturated heterocycles. The van der Waals surface area contributed by atoms with Crippen molar-refractivity contribution >= 4 is 10.0 Å². The van der Waals surface area contributed by atoms with Crippen LogP contribution in [0.25, 0.3) is 0 Å². The number of rotatable bonds is 5. The Balaban J connectivity index is 2.79. The number of quaternary nitrogens is 1. The average molecular weight is 257 g/mol. The largest absolute Gasteiger partial charge is 0.339 e. The first-order chi connectivity index (χ1) is 7.83. The number of hydrogen-bond donors (Lipinski definition) is 2. The zero-order valence-corrected chi connectivity index (χ0v) is 11.7. The molecular formula is C12H21N2O2S+. The lowest BCUT2D eigenvalue weighted by atomic mass is 10.1. The molecule has 17 heavy (non-hydrogen) atoms. The first kappa shape index (κ1) is 14.2. The van der Waals surface area contributed by atoms with Crippen LogP contribution in [-0.4, -0.2) is 35.6 Å². The van der Waals surface area contributed by atoms with Crippen LogP contribution in [0.1, 0.15) is 11.1 Å². The van der Waals surface area contributed by atoms with Crippen molar-refractivity contribution in [1.29, 1.82) is 0 Å². The van der Waals surface area contributed by atoms with Gasteiger partial charge in [0.2, 0.25) is 10.0 Å². The molecule has 0 unspecified atom stereocenters. The molecule has 1 rings (SSSR count). The molecule has 0 fully saturated rings. The minimum absolute atomic E-state index is 0.342. The minimum atomic E-state index is -3.36. The van der Waals surface area contributed by atoms with E-state index in [4.69, 9.17) is 0 Å². The standard InChI is InChI=1S/C12H20N2O2S/c1-10-5-6-12(9-11(10)2)17(15,16)13-7-8-14(3)4/h5-6,9,13H,7-8H2,1-4H3/p+1. The molecule has 0 aliphatic carbocycles. The Morgan fingerprint density at radius 2 is 1.82 bits per heavy atom. The summed E-state index contributed by atoms with van der Waals surface area (Å²) in [5.41, 5.74) is 2.09. The third-order valence-corrected chi connectivity index (χ3v) is 4.16. The summed E-state index contributed by atoms with van der Waals surface area (Å²) in [6, 6.07) is 5.19. The molecule has 1 aromatic carbocycles. The monoisotopic (exact) mass is 257 g/mol. The fourth-order valence-electron chi connectivity index (χ4n) is 1.40. The van der Waals surface area contributed by atoms with Crippen LogP contribution in [0.4, 0.5) is 0 Å². The van der Waals surface area contributed by atoms with Crippen molar-refractivity contribution in [2.75, 3.05) is 27.2 Å². The lowest BCUT2D eigenvalue weighted by molar-refractivity contribution is -0.856. The van der Waals surface area contributed by atoms with E-state index in [1.165, 1.54) is 4.90 Å². The maximum atomic E-state index is 12.0. The Labute approximate surface area is 104 Å². The van der Waals surface area contributed by atoms with E-state index < -0.39 is 10.0 Å². The first-order valence-electron chi connectivity index (χ1n) is 5.69. The summed E-state index contributed by atoms with van der Waals surface area (Å²) in [5.74, 6) is 0. The zero-order chi connectivity index (χ0) is 13.1. The van der Waals surface area contributed by atoms with Gasteiger partial charge in [0, 0.05) is 0 Å². The number of sulfonamides is 1. The summed E-state index contributed by atoms with van der Waals surface area (Å²) in [6.07, 6.45) is 0. The summed E-state index contributed by atoms with van der Waals surface area (Å²) >= 11 is 0. The van der Waals surface area contributed by atoms with Gasteiger partial charge in [0.25, 0.3) is 0 Å². The van der Waals surface area contributed by atoms with Gasteiger partial charge in [-0.3, -0.25) is 0 Å². The van der Waals surface area contributed by atoms with Crippen molar-refractivity contribution in [1.82, 2.24) is 4.72 Å². The molecule has 0 heterocycles. The van der Waals surface area contributed by atoms with E-state index in [-0.39, 0.29) is 0 Å². The topological polar surface area (TPSA) is 50.6 Å². The molecule has 0 saturated carbocycles. The SMILES string of the molecule is Cc1ccc(S(=O)(=O)NCC[NH+](C)C)cc1C. The molecule has 1 aromatic rings. The zero-order valence-electron chi connectivity index (χ0n) is 10.9. The predicted octanol–water partition coefficient (Wildman–Crippen LogP) is -0.274. The second-order valence-corrected chi connectivity index (χ2v) is 6.37. The molecule has 0 aromatic heterocycles. The molecule has 0 bridgehead atoms. The summed E-state index contributed by atoms with van der Waals surface area (Å²) in [7, 11) is 0.622. The average Bonchev–Trinajstić information content (AvgIpc) is 2.21.